The third kappa shape index (κ3) is 9.50. The standard InChI is InChI=1S/C22H34N6O5.C2HF3O2/c1-3-15-6-8-27(20(15)21(31)26-18(22(32)33)11-24-14(2)29)12-17-5-4-7-28(17)19(30)9-16-10-23-13-25-16;3-2(4,5)1(6)7/h10,13,15,17-18,20H,3-9,11-12H2,1-2H3,(H,23,25)(H,24,29)(H,26,31)(H,32,33);(H,6,7)/t15-,17-,18?,20?;/m0./s1. The monoisotopic (exact) mass is 576 g/mol. The molecule has 5 N–H and O–H groups in total. The molecule has 3 rings (SSSR count). The number of rotatable bonds is 10. The van der Waals surface area contributed by atoms with E-state index in [1.165, 1.54) is 6.92 Å². The summed E-state index contributed by atoms with van der Waals surface area (Å²) < 4.78 is 31.7. The van der Waals surface area contributed by atoms with E-state index in [-0.39, 0.29) is 42.6 Å². The van der Waals surface area contributed by atoms with Gasteiger partial charge in [0.25, 0.3) is 0 Å². The Kier molecular flexibility index (Phi) is 11.9. The molecule has 2 fully saturated rings. The van der Waals surface area contributed by atoms with E-state index in [0.717, 1.165) is 32.2 Å². The van der Waals surface area contributed by atoms with Crippen molar-refractivity contribution in [3.05, 3.63) is 18.2 Å². The number of hydrogen-bond acceptors (Lipinski definition) is 7. The molecule has 0 saturated carbocycles. The molecule has 2 aliphatic rings. The molecular formula is C24H35F3N6O7. The van der Waals surface area contributed by atoms with Crippen LogP contribution in [0.3, 0.4) is 0 Å². The molecule has 4 atom stereocenters. The highest BCUT2D eigenvalue weighted by Gasteiger charge is 2.42. The van der Waals surface area contributed by atoms with Gasteiger partial charge < -0.3 is 30.7 Å². The summed E-state index contributed by atoms with van der Waals surface area (Å²) in [5.74, 6) is -4.52. The molecule has 2 saturated heterocycles. The minimum atomic E-state index is -5.08. The van der Waals surface area contributed by atoms with E-state index in [1.54, 1.807) is 12.5 Å². The predicted molar refractivity (Wildman–Crippen MR) is 133 cm³/mol. The van der Waals surface area contributed by atoms with Gasteiger partial charge in [0.2, 0.25) is 17.7 Å². The molecule has 0 bridgehead atoms. The number of halogens is 3. The summed E-state index contributed by atoms with van der Waals surface area (Å²) in [5, 5.41) is 21.7. The number of H-pyrrole nitrogens is 1. The zero-order valence-electron chi connectivity index (χ0n) is 22.2. The highest BCUT2D eigenvalue weighted by Crippen LogP contribution is 2.30. The molecule has 0 radical (unpaired) electrons. The van der Waals surface area contributed by atoms with Crippen LogP contribution < -0.4 is 10.6 Å². The van der Waals surface area contributed by atoms with Crippen molar-refractivity contribution in [2.75, 3.05) is 26.2 Å². The van der Waals surface area contributed by atoms with Crippen LogP contribution in [0.4, 0.5) is 13.2 Å². The molecule has 13 nitrogen and oxygen atoms in total. The number of nitrogens with one attached hydrogen (secondary N) is 3. The number of likely N-dealkylation sites (tertiary alicyclic amines) is 2. The lowest BCUT2D eigenvalue weighted by Gasteiger charge is -2.33. The van der Waals surface area contributed by atoms with Crippen molar-refractivity contribution in [1.82, 2.24) is 30.4 Å². The van der Waals surface area contributed by atoms with Crippen LogP contribution in [0.15, 0.2) is 12.5 Å². The number of aliphatic carboxylic acids is 2. The van der Waals surface area contributed by atoms with E-state index >= 15 is 0 Å². The second kappa shape index (κ2) is 14.6. The number of imidazole rings is 1. The number of aromatic amines is 1. The van der Waals surface area contributed by atoms with Gasteiger partial charge in [0.15, 0.2) is 0 Å². The van der Waals surface area contributed by atoms with Crippen molar-refractivity contribution in [2.24, 2.45) is 5.92 Å². The quantitative estimate of drug-likeness (QED) is 0.263. The number of carboxylic acid groups (broad SMARTS) is 2. The lowest BCUT2D eigenvalue weighted by molar-refractivity contribution is -0.192. The van der Waals surface area contributed by atoms with Crippen molar-refractivity contribution in [3.8, 4) is 0 Å². The highest BCUT2D eigenvalue weighted by atomic mass is 19.4. The van der Waals surface area contributed by atoms with Crippen molar-refractivity contribution < 1.29 is 47.4 Å². The third-order valence-corrected chi connectivity index (χ3v) is 6.86. The van der Waals surface area contributed by atoms with E-state index in [2.05, 4.69) is 25.5 Å². The van der Waals surface area contributed by atoms with Crippen LogP contribution in [-0.4, -0.2) is 110 Å². The Morgan fingerprint density at radius 2 is 1.85 bits per heavy atom. The predicted octanol–water partition coefficient (Wildman–Crippen LogP) is 0.383. The molecule has 0 aromatic carbocycles. The lowest BCUT2D eigenvalue weighted by Crippen LogP contribution is -2.56. The maximum Gasteiger partial charge on any atom is 0.490 e. The smallest absolute Gasteiger partial charge is 0.480 e. The molecule has 3 heterocycles. The molecule has 2 unspecified atom stereocenters. The van der Waals surface area contributed by atoms with Crippen LogP contribution in [0.1, 0.15) is 45.2 Å². The van der Waals surface area contributed by atoms with E-state index in [4.69, 9.17) is 9.90 Å². The Labute approximate surface area is 228 Å². The van der Waals surface area contributed by atoms with Gasteiger partial charge in [-0.2, -0.15) is 13.2 Å². The minimum Gasteiger partial charge on any atom is -0.480 e. The Morgan fingerprint density at radius 3 is 2.38 bits per heavy atom. The van der Waals surface area contributed by atoms with Crippen LogP contribution in [0, 0.1) is 5.92 Å². The molecule has 1 aromatic rings. The molecule has 1 aromatic heterocycles. The molecule has 0 spiro atoms. The van der Waals surface area contributed by atoms with Gasteiger partial charge in [0.1, 0.15) is 6.04 Å². The third-order valence-electron chi connectivity index (χ3n) is 6.86. The van der Waals surface area contributed by atoms with Crippen molar-refractivity contribution in [1.29, 1.82) is 0 Å². The minimum absolute atomic E-state index is 0.0111. The van der Waals surface area contributed by atoms with E-state index in [9.17, 15) is 37.5 Å². The average Bonchev–Trinajstić information content (AvgIpc) is 3.62. The summed E-state index contributed by atoms with van der Waals surface area (Å²) in [4.78, 5) is 68.7. The fraction of sp³-hybridized carbons (Fsp3) is 0.667. The van der Waals surface area contributed by atoms with Crippen molar-refractivity contribution >= 4 is 29.7 Å². The number of carboxylic acids is 2. The summed E-state index contributed by atoms with van der Waals surface area (Å²) in [7, 11) is 0. The molecule has 2 aliphatic heterocycles. The molecular weight excluding hydrogens is 541 g/mol. The van der Waals surface area contributed by atoms with Crippen LogP contribution in [0.25, 0.3) is 0 Å². The number of carbonyl (C=O) groups excluding carboxylic acids is 3. The second-order valence-electron chi connectivity index (χ2n) is 9.66. The van der Waals surface area contributed by atoms with Gasteiger partial charge in [-0.1, -0.05) is 13.3 Å². The second-order valence-corrected chi connectivity index (χ2v) is 9.66. The maximum absolute atomic E-state index is 13.2. The van der Waals surface area contributed by atoms with Gasteiger partial charge in [-0.05, 0) is 31.7 Å². The Morgan fingerprint density at radius 1 is 1.18 bits per heavy atom. The zero-order chi connectivity index (χ0) is 30.0. The summed E-state index contributed by atoms with van der Waals surface area (Å²) >= 11 is 0. The van der Waals surface area contributed by atoms with Crippen LogP contribution in [0.5, 0.6) is 0 Å². The van der Waals surface area contributed by atoms with E-state index in [1.807, 2.05) is 11.8 Å². The molecule has 0 aliphatic carbocycles. The number of nitrogens with zero attached hydrogens (tertiary/aromatic N) is 3. The Bertz CT molecular complexity index is 1040. The Balaban J connectivity index is 0.000000708. The molecule has 40 heavy (non-hydrogen) atoms. The number of alkyl halides is 3. The SMILES string of the molecule is CC[C@H]1CCN(C[C@@H]2CCCN2C(=O)Cc2c[nH]cn2)C1C(=O)NC(CNC(C)=O)C(=O)O.O=C(O)C(F)(F)F. The van der Waals surface area contributed by atoms with Crippen LogP contribution >= 0.6 is 0 Å². The first kappa shape index (κ1) is 32.5. The normalized spacial score (nSPS) is 21.7. The summed E-state index contributed by atoms with van der Waals surface area (Å²) in [6.45, 7) is 5.14. The average molecular weight is 577 g/mol. The maximum atomic E-state index is 13.2. The first-order chi connectivity index (χ1) is 18.7. The van der Waals surface area contributed by atoms with Gasteiger partial charge in [-0.15, -0.1) is 0 Å². The summed E-state index contributed by atoms with van der Waals surface area (Å²) in [6.07, 6.45) is 1.85. The number of carbonyl (C=O) groups is 5. The summed E-state index contributed by atoms with van der Waals surface area (Å²) in [5.41, 5.74) is 0.703. The molecule has 224 valence electrons. The van der Waals surface area contributed by atoms with E-state index in [0.29, 0.717) is 18.8 Å². The van der Waals surface area contributed by atoms with Crippen molar-refractivity contribution in [3.63, 3.8) is 0 Å². The van der Waals surface area contributed by atoms with Crippen molar-refractivity contribution in [2.45, 2.75) is 70.3 Å². The Hall–Kier alpha value is -3.69. The van der Waals surface area contributed by atoms with Crippen LogP contribution in [-0.2, 0) is 30.4 Å². The molecule has 3 amide bonds. The fourth-order valence-corrected chi connectivity index (χ4v) is 4.91. The number of aromatic nitrogens is 2. The molecule has 16 heteroatoms. The van der Waals surface area contributed by atoms with Gasteiger partial charge in [-0.25, -0.2) is 14.6 Å². The van der Waals surface area contributed by atoms with Crippen LogP contribution in [0.2, 0.25) is 0 Å². The lowest BCUT2D eigenvalue weighted by atomic mass is 9.96. The number of hydrogen-bond donors (Lipinski definition) is 5. The van der Waals surface area contributed by atoms with Gasteiger partial charge in [0, 0.05) is 38.8 Å². The fourth-order valence-electron chi connectivity index (χ4n) is 4.91. The highest BCUT2D eigenvalue weighted by molar-refractivity contribution is 5.88. The van der Waals surface area contributed by atoms with Gasteiger partial charge in [-0.3, -0.25) is 19.3 Å². The first-order valence-corrected chi connectivity index (χ1v) is 12.8. The topological polar surface area (TPSA) is 185 Å². The van der Waals surface area contributed by atoms with Gasteiger partial charge >= 0.3 is 18.1 Å². The van der Waals surface area contributed by atoms with E-state index < -0.39 is 30.2 Å². The zero-order valence-corrected chi connectivity index (χ0v) is 22.2. The first-order valence-electron chi connectivity index (χ1n) is 12.8. The largest absolute Gasteiger partial charge is 0.490 e. The van der Waals surface area contributed by atoms with Gasteiger partial charge in [0.05, 0.1) is 24.5 Å². The number of amides is 3. The summed E-state index contributed by atoms with van der Waals surface area (Å²) in [6, 6.07) is -1.64.